The van der Waals surface area contributed by atoms with E-state index in [1.165, 1.54) is 0 Å². The van der Waals surface area contributed by atoms with Gasteiger partial charge in [0.15, 0.2) is 0 Å². The van der Waals surface area contributed by atoms with E-state index in [0.717, 1.165) is 6.42 Å². The molecule has 0 aromatic heterocycles. The van der Waals surface area contributed by atoms with Crippen molar-refractivity contribution in [1.82, 2.24) is 5.32 Å². The molecular formula is C9H15NOSi. The lowest BCUT2D eigenvalue weighted by Gasteiger charge is -2.05. The maximum Gasteiger partial charge on any atom is 0.221 e. The molecule has 0 aromatic rings. The summed E-state index contributed by atoms with van der Waals surface area (Å²) >= 11 is 0. The summed E-state index contributed by atoms with van der Waals surface area (Å²) in [5.74, 6) is 3.28. The molecule has 0 aliphatic carbocycles. The Hall–Kier alpha value is -0.753. The van der Waals surface area contributed by atoms with Crippen molar-refractivity contribution in [3.05, 3.63) is 0 Å². The highest BCUT2D eigenvalue weighted by atomic mass is 28.3. The minimum Gasteiger partial charge on any atom is -0.342 e. The molecule has 0 saturated carbocycles. The van der Waals surface area contributed by atoms with Crippen molar-refractivity contribution in [2.75, 3.05) is 0 Å². The van der Waals surface area contributed by atoms with Gasteiger partial charge in [0, 0.05) is 6.42 Å². The molecule has 0 bridgehead atoms. The number of carbonyl (C=O) groups excluding carboxylic acids is 1. The van der Waals surface area contributed by atoms with Crippen LogP contribution in [0.5, 0.6) is 0 Å². The van der Waals surface area contributed by atoms with Crippen LogP contribution >= 0.6 is 0 Å². The van der Waals surface area contributed by atoms with Crippen LogP contribution in [0.15, 0.2) is 0 Å². The fourth-order valence-electron chi connectivity index (χ4n) is 1.03. The number of amides is 1. The summed E-state index contributed by atoms with van der Waals surface area (Å²) in [5.41, 5.74) is 3.26. The van der Waals surface area contributed by atoms with Crippen LogP contribution < -0.4 is 5.32 Å². The van der Waals surface area contributed by atoms with Crippen molar-refractivity contribution in [3.63, 3.8) is 0 Å². The average molecular weight is 181 g/mol. The monoisotopic (exact) mass is 181 g/mol. The molecule has 0 unspecified atom stereocenters. The molecule has 1 amide bonds. The van der Waals surface area contributed by atoms with Gasteiger partial charge in [0.05, 0.1) is 6.04 Å². The highest BCUT2D eigenvalue weighted by Crippen LogP contribution is 2.05. The first-order valence-corrected chi connectivity index (χ1v) is 7.79. The van der Waals surface area contributed by atoms with Gasteiger partial charge in [-0.15, -0.1) is 5.54 Å². The van der Waals surface area contributed by atoms with E-state index in [9.17, 15) is 4.79 Å². The van der Waals surface area contributed by atoms with Crippen LogP contribution in [0, 0.1) is 11.5 Å². The topological polar surface area (TPSA) is 29.1 Å². The molecule has 12 heavy (non-hydrogen) atoms. The first kappa shape index (κ1) is 9.34. The van der Waals surface area contributed by atoms with Crippen LogP contribution in [0.2, 0.25) is 19.6 Å². The lowest BCUT2D eigenvalue weighted by Crippen LogP contribution is -2.25. The number of hydrogen-bond acceptors (Lipinski definition) is 1. The zero-order valence-corrected chi connectivity index (χ0v) is 8.90. The van der Waals surface area contributed by atoms with Gasteiger partial charge in [0.2, 0.25) is 5.91 Å². The van der Waals surface area contributed by atoms with Gasteiger partial charge in [-0.3, -0.25) is 4.79 Å². The summed E-state index contributed by atoms with van der Waals surface area (Å²) in [5, 5.41) is 2.84. The second-order valence-corrected chi connectivity index (χ2v) is 8.93. The summed E-state index contributed by atoms with van der Waals surface area (Å²) in [6.07, 6.45) is 1.53. The SMILES string of the molecule is C[Si](C)(C)C#C[C@@H]1CCC(=O)N1. The summed E-state index contributed by atoms with van der Waals surface area (Å²) < 4.78 is 0. The van der Waals surface area contributed by atoms with Crippen LogP contribution in [0.25, 0.3) is 0 Å². The molecular weight excluding hydrogens is 166 g/mol. The van der Waals surface area contributed by atoms with Gasteiger partial charge in [-0.1, -0.05) is 25.6 Å². The first-order chi connectivity index (χ1) is 5.47. The third kappa shape index (κ3) is 3.10. The molecule has 1 N–H and O–H groups in total. The van der Waals surface area contributed by atoms with Crippen molar-refractivity contribution in [3.8, 4) is 11.5 Å². The van der Waals surface area contributed by atoms with E-state index >= 15 is 0 Å². The Labute approximate surface area is 74.7 Å². The van der Waals surface area contributed by atoms with Crippen molar-refractivity contribution in [2.45, 2.75) is 38.5 Å². The summed E-state index contributed by atoms with van der Waals surface area (Å²) in [7, 11) is -1.26. The van der Waals surface area contributed by atoms with Crippen molar-refractivity contribution in [1.29, 1.82) is 0 Å². The summed E-state index contributed by atoms with van der Waals surface area (Å²) in [4.78, 5) is 10.8. The predicted molar refractivity (Wildman–Crippen MR) is 52.3 cm³/mol. The summed E-state index contributed by atoms with van der Waals surface area (Å²) in [6, 6.07) is 0.129. The Kier molecular flexibility index (Phi) is 2.58. The number of hydrogen-bond donors (Lipinski definition) is 1. The molecule has 1 atom stereocenters. The van der Waals surface area contributed by atoms with Crippen LogP contribution in [0.1, 0.15) is 12.8 Å². The Morgan fingerprint density at radius 3 is 2.58 bits per heavy atom. The highest BCUT2D eigenvalue weighted by molar-refractivity contribution is 6.83. The third-order valence-electron chi connectivity index (χ3n) is 1.62. The zero-order valence-electron chi connectivity index (χ0n) is 7.90. The molecule has 3 heteroatoms. The molecule has 0 spiro atoms. The molecule has 66 valence electrons. The van der Waals surface area contributed by atoms with Crippen LogP contribution in [-0.2, 0) is 4.79 Å². The van der Waals surface area contributed by atoms with Gasteiger partial charge < -0.3 is 5.32 Å². The van der Waals surface area contributed by atoms with Crippen LogP contribution in [0.3, 0.4) is 0 Å². The smallest absolute Gasteiger partial charge is 0.221 e. The van der Waals surface area contributed by atoms with Gasteiger partial charge in [-0.25, -0.2) is 0 Å². The van der Waals surface area contributed by atoms with Gasteiger partial charge in [-0.2, -0.15) is 0 Å². The Morgan fingerprint density at radius 2 is 2.17 bits per heavy atom. The lowest BCUT2D eigenvalue weighted by atomic mass is 10.2. The second-order valence-electron chi connectivity index (χ2n) is 4.18. The maximum absolute atomic E-state index is 10.8. The maximum atomic E-state index is 10.8. The normalized spacial score (nSPS) is 22.9. The molecule has 1 fully saturated rings. The molecule has 0 aromatic carbocycles. The summed E-state index contributed by atoms with van der Waals surface area (Å²) in [6.45, 7) is 6.62. The van der Waals surface area contributed by atoms with Gasteiger partial charge in [-0.05, 0) is 6.42 Å². The first-order valence-electron chi connectivity index (χ1n) is 4.29. The fraction of sp³-hybridized carbons (Fsp3) is 0.667. The van der Waals surface area contributed by atoms with E-state index in [-0.39, 0.29) is 11.9 Å². The predicted octanol–water partition coefficient (Wildman–Crippen LogP) is 1.15. The highest BCUT2D eigenvalue weighted by Gasteiger charge is 2.18. The fourth-order valence-corrected chi connectivity index (χ4v) is 1.63. The van der Waals surface area contributed by atoms with E-state index in [0.29, 0.717) is 6.42 Å². The number of rotatable bonds is 0. The molecule has 1 aliphatic heterocycles. The largest absolute Gasteiger partial charge is 0.342 e. The number of nitrogens with one attached hydrogen (secondary N) is 1. The minimum absolute atomic E-state index is 0.129. The Balaban J connectivity index is 2.50. The van der Waals surface area contributed by atoms with E-state index in [4.69, 9.17) is 0 Å². The van der Waals surface area contributed by atoms with Crippen LogP contribution in [0.4, 0.5) is 0 Å². The molecule has 2 nitrogen and oxygen atoms in total. The van der Waals surface area contributed by atoms with E-state index in [1.54, 1.807) is 0 Å². The van der Waals surface area contributed by atoms with Crippen molar-refractivity contribution >= 4 is 14.0 Å². The van der Waals surface area contributed by atoms with E-state index in [2.05, 4.69) is 36.4 Å². The molecule has 1 aliphatic rings. The lowest BCUT2D eigenvalue weighted by molar-refractivity contribution is -0.119. The molecule has 0 radical (unpaired) electrons. The average Bonchev–Trinajstić information content (AvgIpc) is 2.30. The Morgan fingerprint density at radius 1 is 1.50 bits per heavy atom. The van der Waals surface area contributed by atoms with Crippen LogP contribution in [-0.4, -0.2) is 20.0 Å². The molecule has 1 rings (SSSR count). The zero-order chi connectivity index (χ0) is 9.19. The van der Waals surface area contributed by atoms with E-state index < -0.39 is 8.07 Å². The van der Waals surface area contributed by atoms with Gasteiger partial charge in [0.25, 0.3) is 0 Å². The quantitative estimate of drug-likeness (QED) is 0.441. The second kappa shape index (κ2) is 3.32. The van der Waals surface area contributed by atoms with Crippen molar-refractivity contribution in [2.24, 2.45) is 0 Å². The molecule has 1 heterocycles. The Bertz CT molecular complexity index is 243. The number of carbonyl (C=O) groups is 1. The van der Waals surface area contributed by atoms with Gasteiger partial charge in [0.1, 0.15) is 8.07 Å². The standard InChI is InChI=1S/C9H15NOSi/c1-12(2,3)7-6-8-4-5-9(11)10-8/h8H,4-5H2,1-3H3,(H,10,11)/t8-/m0/s1. The van der Waals surface area contributed by atoms with Crippen molar-refractivity contribution < 1.29 is 4.79 Å². The minimum atomic E-state index is -1.26. The molecule has 1 saturated heterocycles. The van der Waals surface area contributed by atoms with Gasteiger partial charge >= 0.3 is 0 Å². The van der Waals surface area contributed by atoms with E-state index in [1.807, 2.05) is 0 Å². The third-order valence-corrected chi connectivity index (χ3v) is 2.51.